The van der Waals surface area contributed by atoms with Crippen LogP contribution < -0.4 is 10.6 Å². The maximum absolute atomic E-state index is 12.6. The molecule has 4 rings (SSSR count). The minimum Gasteiger partial charge on any atom is -0.375 e. The highest BCUT2D eigenvalue weighted by atomic mass is 16.5. The van der Waals surface area contributed by atoms with Gasteiger partial charge in [-0.1, -0.05) is 30.3 Å². The third-order valence-corrected chi connectivity index (χ3v) is 5.32. The van der Waals surface area contributed by atoms with E-state index in [-0.39, 0.29) is 12.0 Å². The van der Waals surface area contributed by atoms with E-state index in [9.17, 15) is 4.79 Å². The summed E-state index contributed by atoms with van der Waals surface area (Å²) in [7, 11) is 0. The molecule has 1 atom stereocenters. The molecule has 3 heterocycles. The number of amides is 1. The minimum absolute atomic E-state index is 0.000183. The molecule has 1 unspecified atom stereocenters. The van der Waals surface area contributed by atoms with E-state index in [4.69, 9.17) is 4.74 Å². The second kappa shape index (κ2) is 9.32. The molecule has 0 aliphatic carbocycles. The summed E-state index contributed by atoms with van der Waals surface area (Å²) >= 11 is 0. The van der Waals surface area contributed by atoms with Crippen molar-refractivity contribution in [3.63, 3.8) is 0 Å². The van der Waals surface area contributed by atoms with Crippen LogP contribution in [0.4, 0.5) is 0 Å². The van der Waals surface area contributed by atoms with Crippen molar-refractivity contribution in [3.05, 3.63) is 53.6 Å². The van der Waals surface area contributed by atoms with Gasteiger partial charge in [0.05, 0.1) is 6.10 Å². The third-order valence-electron chi connectivity index (χ3n) is 5.32. The molecule has 7 heteroatoms. The normalized spacial score (nSPS) is 20.8. The van der Waals surface area contributed by atoms with E-state index >= 15 is 0 Å². The van der Waals surface area contributed by atoms with Crippen LogP contribution in [-0.4, -0.2) is 65.8 Å². The molecular formula is C21H29N5O2. The van der Waals surface area contributed by atoms with Gasteiger partial charge < -0.3 is 19.9 Å². The Balaban J connectivity index is 1.31. The van der Waals surface area contributed by atoms with Gasteiger partial charge >= 0.3 is 0 Å². The fourth-order valence-electron chi connectivity index (χ4n) is 3.86. The smallest absolute Gasteiger partial charge is 0.271 e. The Labute approximate surface area is 166 Å². The SMILES string of the molecule is O=C(NCC1CN(Cc2ccccc2)CCCO1)c1cn2c(n1)CCNCC2. The average Bonchev–Trinajstić information content (AvgIpc) is 2.85. The van der Waals surface area contributed by atoms with Crippen LogP contribution in [0.15, 0.2) is 36.5 Å². The summed E-state index contributed by atoms with van der Waals surface area (Å²) in [6.45, 7) is 6.67. The van der Waals surface area contributed by atoms with E-state index in [0.717, 1.165) is 64.5 Å². The van der Waals surface area contributed by atoms with Gasteiger partial charge in [-0.2, -0.15) is 0 Å². The molecule has 0 spiro atoms. The first-order valence-corrected chi connectivity index (χ1v) is 10.2. The molecule has 1 aromatic carbocycles. The summed E-state index contributed by atoms with van der Waals surface area (Å²) in [5, 5.41) is 6.37. The van der Waals surface area contributed by atoms with Gasteiger partial charge in [-0.25, -0.2) is 4.98 Å². The van der Waals surface area contributed by atoms with E-state index in [1.807, 2.05) is 12.3 Å². The fourth-order valence-corrected chi connectivity index (χ4v) is 3.86. The Morgan fingerprint density at radius 2 is 2.14 bits per heavy atom. The van der Waals surface area contributed by atoms with E-state index in [1.54, 1.807) is 0 Å². The number of benzene rings is 1. The van der Waals surface area contributed by atoms with Gasteiger partial charge in [0.25, 0.3) is 5.91 Å². The Morgan fingerprint density at radius 1 is 1.25 bits per heavy atom. The van der Waals surface area contributed by atoms with Gasteiger partial charge in [0, 0.05) is 65.0 Å². The number of rotatable bonds is 5. The van der Waals surface area contributed by atoms with E-state index < -0.39 is 0 Å². The first-order valence-electron chi connectivity index (χ1n) is 10.2. The Hall–Kier alpha value is -2.22. The highest BCUT2D eigenvalue weighted by Crippen LogP contribution is 2.11. The van der Waals surface area contributed by atoms with Crippen molar-refractivity contribution in [2.24, 2.45) is 0 Å². The molecule has 28 heavy (non-hydrogen) atoms. The lowest BCUT2D eigenvalue weighted by Gasteiger charge is -2.24. The summed E-state index contributed by atoms with van der Waals surface area (Å²) in [5.41, 5.74) is 1.81. The highest BCUT2D eigenvalue weighted by molar-refractivity contribution is 5.92. The van der Waals surface area contributed by atoms with Gasteiger partial charge in [-0.3, -0.25) is 9.69 Å². The van der Waals surface area contributed by atoms with Crippen LogP contribution in [0, 0.1) is 0 Å². The molecule has 0 bridgehead atoms. The minimum atomic E-state index is -0.115. The summed E-state index contributed by atoms with van der Waals surface area (Å²) in [6.07, 6.45) is 3.74. The lowest BCUT2D eigenvalue weighted by Crippen LogP contribution is -2.40. The lowest BCUT2D eigenvalue weighted by atomic mass is 10.2. The lowest BCUT2D eigenvalue weighted by molar-refractivity contribution is 0.0510. The van der Waals surface area contributed by atoms with Crippen molar-refractivity contribution in [3.8, 4) is 0 Å². The van der Waals surface area contributed by atoms with Crippen LogP contribution in [0.3, 0.4) is 0 Å². The number of fused-ring (bicyclic) bond motifs is 1. The highest BCUT2D eigenvalue weighted by Gasteiger charge is 2.21. The number of aromatic nitrogens is 2. The molecule has 2 aliphatic heterocycles. The number of nitrogens with one attached hydrogen (secondary N) is 2. The van der Waals surface area contributed by atoms with E-state index in [2.05, 4.69) is 49.4 Å². The topological polar surface area (TPSA) is 71.4 Å². The van der Waals surface area contributed by atoms with Crippen molar-refractivity contribution in [2.45, 2.75) is 32.0 Å². The number of carbonyl (C=O) groups excluding carboxylic acids is 1. The van der Waals surface area contributed by atoms with E-state index in [1.165, 1.54) is 5.56 Å². The standard InChI is InChI=1S/C21H29N5O2/c27-21(19-16-26-11-9-22-8-7-20(26)24-19)23-13-18-15-25(10-4-12-28-18)14-17-5-2-1-3-6-17/h1-3,5-6,16,18,22H,4,7-15H2,(H,23,27). The molecule has 7 nitrogen and oxygen atoms in total. The second-order valence-corrected chi connectivity index (χ2v) is 7.51. The molecular weight excluding hydrogens is 354 g/mol. The Morgan fingerprint density at radius 3 is 3.04 bits per heavy atom. The third kappa shape index (κ3) is 4.98. The van der Waals surface area contributed by atoms with Crippen molar-refractivity contribution < 1.29 is 9.53 Å². The van der Waals surface area contributed by atoms with Crippen molar-refractivity contribution in [2.75, 3.05) is 39.3 Å². The van der Waals surface area contributed by atoms with Gasteiger partial charge in [0.2, 0.25) is 0 Å². The molecule has 1 saturated heterocycles. The molecule has 1 fully saturated rings. The van der Waals surface area contributed by atoms with Gasteiger partial charge in [-0.05, 0) is 12.0 Å². The van der Waals surface area contributed by atoms with Crippen molar-refractivity contribution in [1.82, 2.24) is 25.1 Å². The number of hydrogen-bond donors (Lipinski definition) is 2. The monoisotopic (exact) mass is 383 g/mol. The second-order valence-electron chi connectivity index (χ2n) is 7.51. The van der Waals surface area contributed by atoms with Gasteiger partial charge in [0.1, 0.15) is 11.5 Å². The van der Waals surface area contributed by atoms with Crippen molar-refractivity contribution >= 4 is 5.91 Å². The fraction of sp³-hybridized carbons (Fsp3) is 0.524. The first-order chi connectivity index (χ1) is 13.8. The molecule has 2 aliphatic rings. The Bertz CT molecular complexity index is 753. The summed E-state index contributed by atoms with van der Waals surface area (Å²) < 4.78 is 8.05. The zero-order valence-corrected chi connectivity index (χ0v) is 16.3. The van der Waals surface area contributed by atoms with Crippen LogP contribution in [-0.2, 0) is 24.2 Å². The van der Waals surface area contributed by atoms with Gasteiger partial charge in [-0.15, -0.1) is 0 Å². The van der Waals surface area contributed by atoms with Gasteiger partial charge in [0.15, 0.2) is 0 Å². The zero-order chi connectivity index (χ0) is 19.2. The van der Waals surface area contributed by atoms with Crippen molar-refractivity contribution in [1.29, 1.82) is 0 Å². The Kier molecular flexibility index (Phi) is 6.36. The maximum Gasteiger partial charge on any atom is 0.271 e. The summed E-state index contributed by atoms with van der Waals surface area (Å²) in [5.74, 6) is 0.867. The molecule has 0 saturated carbocycles. The largest absolute Gasteiger partial charge is 0.375 e. The van der Waals surface area contributed by atoms with Crippen LogP contribution in [0.2, 0.25) is 0 Å². The van der Waals surface area contributed by atoms with Crippen LogP contribution >= 0.6 is 0 Å². The first kappa shape index (κ1) is 19.1. The number of ether oxygens (including phenoxy) is 1. The maximum atomic E-state index is 12.6. The number of carbonyl (C=O) groups is 1. The number of nitrogens with zero attached hydrogens (tertiary/aromatic N) is 3. The predicted octanol–water partition coefficient (Wildman–Crippen LogP) is 1.05. The summed E-state index contributed by atoms with van der Waals surface area (Å²) in [4.78, 5) is 19.5. The average molecular weight is 383 g/mol. The molecule has 1 aromatic heterocycles. The quantitative estimate of drug-likeness (QED) is 0.808. The number of hydrogen-bond acceptors (Lipinski definition) is 5. The van der Waals surface area contributed by atoms with E-state index in [0.29, 0.717) is 12.2 Å². The van der Waals surface area contributed by atoms with Crippen LogP contribution in [0.5, 0.6) is 0 Å². The number of imidazole rings is 1. The van der Waals surface area contributed by atoms with Crippen LogP contribution in [0.1, 0.15) is 28.3 Å². The van der Waals surface area contributed by atoms with Crippen LogP contribution in [0.25, 0.3) is 0 Å². The zero-order valence-electron chi connectivity index (χ0n) is 16.3. The molecule has 2 aromatic rings. The molecule has 2 N–H and O–H groups in total. The summed E-state index contributed by atoms with van der Waals surface area (Å²) in [6, 6.07) is 10.5. The molecule has 1 amide bonds. The predicted molar refractivity (Wildman–Crippen MR) is 107 cm³/mol. The molecule has 150 valence electrons. The molecule has 0 radical (unpaired) electrons.